The third kappa shape index (κ3) is 2.94. The first kappa shape index (κ1) is 14.4. The largest absolute Gasteiger partial charge is 0.458 e. The Balaban J connectivity index is 2.28. The van der Waals surface area contributed by atoms with Crippen molar-refractivity contribution >= 4 is 22.6 Å². The quantitative estimate of drug-likeness (QED) is 0.874. The molecular formula is C15H19ClO3. The van der Waals surface area contributed by atoms with Gasteiger partial charge >= 0.3 is 0 Å². The van der Waals surface area contributed by atoms with E-state index in [2.05, 4.69) is 0 Å². The van der Waals surface area contributed by atoms with Crippen molar-refractivity contribution in [1.82, 2.24) is 0 Å². The van der Waals surface area contributed by atoms with Crippen molar-refractivity contribution in [1.29, 1.82) is 0 Å². The van der Waals surface area contributed by atoms with Gasteiger partial charge in [-0.3, -0.25) is 0 Å². The third-order valence-corrected chi connectivity index (χ3v) is 3.88. The summed E-state index contributed by atoms with van der Waals surface area (Å²) < 4.78 is 5.58. The molecule has 2 aromatic rings. The second-order valence-electron chi connectivity index (χ2n) is 4.84. The van der Waals surface area contributed by atoms with Crippen molar-refractivity contribution in [2.24, 2.45) is 5.92 Å². The Morgan fingerprint density at radius 3 is 2.47 bits per heavy atom. The van der Waals surface area contributed by atoms with Crippen LogP contribution in [0.3, 0.4) is 0 Å². The molecule has 19 heavy (non-hydrogen) atoms. The van der Waals surface area contributed by atoms with Crippen LogP contribution in [-0.2, 0) is 0 Å². The van der Waals surface area contributed by atoms with Crippen LogP contribution in [0, 0.1) is 5.92 Å². The smallest absolute Gasteiger partial charge is 0.138 e. The number of rotatable bonds is 5. The molecule has 4 heteroatoms. The van der Waals surface area contributed by atoms with Crippen LogP contribution < -0.4 is 0 Å². The number of halogens is 1. The van der Waals surface area contributed by atoms with Crippen LogP contribution in [-0.4, -0.2) is 16.3 Å². The SMILES string of the molecule is CCC(CC)C(O)C(O)c1cc2cc(Cl)ccc2o1. The van der Waals surface area contributed by atoms with E-state index >= 15 is 0 Å². The Bertz CT molecular complexity index is 545. The van der Waals surface area contributed by atoms with Crippen LogP contribution in [0.5, 0.6) is 0 Å². The Morgan fingerprint density at radius 1 is 1.16 bits per heavy atom. The summed E-state index contributed by atoms with van der Waals surface area (Å²) in [6, 6.07) is 7.01. The molecule has 0 aliphatic rings. The Labute approximate surface area is 117 Å². The summed E-state index contributed by atoms with van der Waals surface area (Å²) in [5, 5.41) is 21.8. The Kier molecular flexibility index (Phi) is 4.50. The van der Waals surface area contributed by atoms with Gasteiger partial charge < -0.3 is 14.6 Å². The molecule has 0 aliphatic carbocycles. The predicted octanol–water partition coefficient (Wildman–Crippen LogP) is 3.92. The van der Waals surface area contributed by atoms with Crippen molar-refractivity contribution in [3.05, 3.63) is 35.0 Å². The Hall–Kier alpha value is -1.03. The molecule has 0 spiro atoms. The molecule has 0 fully saturated rings. The summed E-state index contributed by atoms with van der Waals surface area (Å²) in [4.78, 5) is 0. The summed E-state index contributed by atoms with van der Waals surface area (Å²) in [5.41, 5.74) is 0.662. The summed E-state index contributed by atoms with van der Waals surface area (Å²) in [6.45, 7) is 4.00. The number of furan rings is 1. The summed E-state index contributed by atoms with van der Waals surface area (Å²) in [6.07, 6.45) is -0.177. The van der Waals surface area contributed by atoms with Gasteiger partial charge in [0.2, 0.25) is 0 Å². The maximum atomic E-state index is 10.2. The molecule has 0 radical (unpaired) electrons. The lowest BCUT2D eigenvalue weighted by Gasteiger charge is -2.23. The van der Waals surface area contributed by atoms with Gasteiger partial charge in [-0.15, -0.1) is 0 Å². The van der Waals surface area contributed by atoms with Crippen LogP contribution in [0.4, 0.5) is 0 Å². The van der Waals surface area contributed by atoms with Gasteiger partial charge in [0, 0.05) is 10.4 Å². The first-order valence-corrected chi connectivity index (χ1v) is 6.99. The minimum Gasteiger partial charge on any atom is -0.458 e. The van der Waals surface area contributed by atoms with E-state index in [0.29, 0.717) is 16.4 Å². The third-order valence-electron chi connectivity index (χ3n) is 3.64. The highest BCUT2D eigenvalue weighted by atomic mass is 35.5. The van der Waals surface area contributed by atoms with Crippen molar-refractivity contribution in [2.75, 3.05) is 0 Å². The number of hydrogen-bond acceptors (Lipinski definition) is 3. The molecule has 0 saturated carbocycles. The number of hydrogen-bond donors (Lipinski definition) is 2. The minimum atomic E-state index is -1.00. The fourth-order valence-corrected chi connectivity index (χ4v) is 2.56. The standard InChI is InChI=1S/C15H19ClO3/c1-3-9(4-2)14(17)15(18)13-8-10-7-11(16)5-6-12(10)19-13/h5-9,14-15,17-18H,3-4H2,1-2H3. The summed E-state index contributed by atoms with van der Waals surface area (Å²) in [5.74, 6) is 0.448. The van der Waals surface area contributed by atoms with Gasteiger partial charge in [-0.25, -0.2) is 0 Å². The van der Waals surface area contributed by atoms with Crippen molar-refractivity contribution in [3.8, 4) is 0 Å². The topological polar surface area (TPSA) is 53.6 Å². The molecule has 0 bridgehead atoms. The second-order valence-corrected chi connectivity index (χ2v) is 5.28. The highest BCUT2D eigenvalue weighted by Crippen LogP contribution is 2.31. The van der Waals surface area contributed by atoms with Gasteiger partial charge in [0.25, 0.3) is 0 Å². The molecule has 0 amide bonds. The van der Waals surface area contributed by atoms with E-state index in [4.69, 9.17) is 16.0 Å². The van der Waals surface area contributed by atoms with E-state index in [1.807, 2.05) is 13.8 Å². The maximum Gasteiger partial charge on any atom is 0.138 e. The number of fused-ring (bicyclic) bond motifs is 1. The highest BCUT2D eigenvalue weighted by molar-refractivity contribution is 6.31. The lowest BCUT2D eigenvalue weighted by molar-refractivity contribution is -0.0304. The minimum absolute atomic E-state index is 0.0619. The number of aliphatic hydroxyl groups excluding tert-OH is 2. The molecule has 2 rings (SSSR count). The van der Waals surface area contributed by atoms with Crippen LogP contribution in [0.2, 0.25) is 5.02 Å². The van der Waals surface area contributed by atoms with E-state index in [0.717, 1.165) is 18.2 Å². The highest BCUT2D eigenvalue weighted by Gasteiger charge is 2.27. The zero-order chi connectivity index (χ0) is 14.0. The fourth-order valence-electron chi connectivity index (χ4n) is 2.38. The summed E-state index contributed by atoms with van der Waals surface area (Å²) in [7, 11) is 0. The average molecular weight is 283 g/mol. The van der Waals surface area contributed by atoms with Gasteiger partial charge in [0.05, 0.1) is 6.10 Å². The fraction of sp³-hybridized carbons (Fsp3) is 0.467. The average Bonchev–Trinajstić information content (AvgIpc) is 2.81. The molecule has 2 unspecified atom stereocenters. The van der Waals surface area contributed by atoms with E-state index < -0.39 is 12.2 Å². The molecule has 1 aromatic heterocycles. The van der Waals surface area contributed by atoms with Crippen molar-refractivity contribution in [3.63, 3.8) is 0 Å². The zero-order valence-corrected chi connectivity index (χ0v) is 11.9. The first-order chi connectivity index (χ1) is 9.06. The molecule has 0 aliphatic heterocycles. The van der Waals surface area contributed by atoms with Gasteiger partial charge in [-0.05, 0) is 30.2 Å². The lowest BCUT2D eigenvalue weighted by atomic mass is 9.92. The molecule has 104 valence electrons. The lowest BCUT2D eigenvalue weighted by Crippen LogP contribution is -2.26. The van der Waals surface area contributed by atoms with Gasteiger partial charge in [0.1, 0.15) is 17.4 Å². The van der Waals surface area contributed by atoms with E-state index in [1.165, 1.54) is 0 Å². The molecule has 1 heterocycles. The molecule has 0 saturated heterocycles. The monoisotopic (exact) mass is 282 g/mol. The molecule has 2 atom stereocenters. The normalized spacial score (nSPS) is 15.1. The van der Waals surface area contributed by atoms with Crippen LogP contribution in [0.25, 0.3) is 11.0 Å². The predicted molar refractivity (Wildman–Crippen MR) is 76.3 cm³/mol. The van der Waals surface area contributed by atoms with Gasteiger partial charge in [-0.2, -0.15) is 0 Å². The van der Waals surface area contributed by atoms with E-state index in [-0.39, 0.29) is 5.92 Å². The first-order valence-electron chi connectivity index (χ1n) is 6.62. The van der Waals surface area contributed by atoms with Crippen molar-refractivity contribution in [2.45, 2.75) is 38.9 Å². The molecule has 2 N–H and O–H groups in total. The summed E-state index contributed by atoms with van der Waals surface area (Å²) >= 11 is 5.91. The van der Waals surface area contributed by atoms with Crippen molar-refractivity contribution < 1.29 is 14.6 Å². The van der Waals surface area contributed by atoms with E-state index in [9.17, 15) is 10.2 Å². The molecule has 1 aromatic carbocycles. The van der Waals surface area contributed by atoms with E-state index in [1.54, 1.807) is 24.3 Å². The zero-order valence-electron chi connectivity index (χ0n) is 11.1. The van der Waals surface area contributed by atoms with Gasteiger partial charge in [0.15, 0.2) is 0 Å². The Morgan fingerprint density at radius 2 is 1.84 bits per heavy atom. The molecule has 3 nitrogen and oxygen atoms in total. The maximum absolute atomic E-state index is 10.2. The number of benzene rings is 1. The molecular weight excluding hydrogens is 264 g/mol. The van der Waals surface area contributed by atoms with Crippen LogP contribution >= 0.6 is 11.6 Å². The second kappa shape index (κ2) is 5.95. The number of aliphatic hydroxyl groups is 2. The van der Waals surface area contributed by atoms with Gasteiger partial charge in [-0.1, -0.05) is 38.3 Å². The van der Waals surface area contributed by atoms with Crippen LogP contribution in [0.1, 0.15) is 38.6 Å². The van der Waals surface area contributed by atoms with Crippen LogP contribution in [0.15, 0.2) is 28.7 Å².